The van der Waals surface area contributed by atoms with Gasteiger partial charge in [-0.3, -0.25) is 10.2 Å². The van der Waals surface area contributed by atoms with Crippen molar-refractivity contribution in [2.75, 3.05) is 19.5 Å². The summed E-state index contributed by atoms with van der Waals surface area (Å²) >= 11 is 0. The maximum Gasteiger partial charge on any atom is 0.263 e. The molecule has 0 bridgehead atoms. The fourth-order valence-electron chi connectivity index (χ4n) is 2.23. The number of hydrogen-bond acceptors (Lipinski definition) is 6. The number of rotatable bonds is 6. The Bertz CT molecular complexity index is 794. The van der Waals surface area contributed by atoms with Gasteiger partial charge in [0, 0.05) is 19.3 Å². The fraction of sp³-hybridized carbons (Fsp3) is 0.294. The van der Waals surface area contributed by atoms with E-state index in [1.807, 2.05) is 10.6 Å². The highest BCUT2D eigenvalue weighted by molar-refractivity contribution is 6.21. The first-order chi connectivity index (χ1) is 12.0. The number of pyridine rings is 1. The predicted molar refractivity (Wildman–Crippen MR) is 96.4 cm³/mol. The lowest BCUT2D eigenvalue weighted by atomic mass is 10.2. The molecule has 0 unspecified atom stereocenters. The molecule has 132 valence electrons. The highest BCUT2D eigenvalue weighted by atomic mass is 16.5. The zero-order valence-corrected chi connectivity index (χ0v) is 14.7. The van der Waals surface area contributed by atoms with Gasteiger partial charge in [0.25, 0.3) is 5.91 Å². The summed E-state index contributed by atoms with van der Waals surface area (Å²) < 4.78 is 6.83. The highest BCUT2D eigenvalue weighted by Gasteiger charge is 2.17. The Morgan fingerprint density at radius 1 is 1.40 bits per heavy atom. The van der Waals surface area contributed by atoms with Gasteiger partial charge in [0.15, 0.2) is 0 Å². The van der Waals surface area contributed by atoms with Crippen molar-refractivity contribution < 1.29 is 9.53 Å². The lowest BCUT2D eigenvalue weighted by Crippen LogP contribution is -2.23. The van der Waals surface area contributed by atoms with E-state index < -0.39 is 5.91 Å². The number of aromatic nitrogens is 3. The molecular formula is C17H22N6O2. The van der Waals surface area contributed by atoms with E-state index in [4.69, 9.17) is 10.1 Å². The number of ether oxygens (including phenoxy) is 1. The van der Waals surface area contributed by atoms with Crippen molar-refractivity contribution in [3.63, 3.8) is 0 Å². The lowest BCUT2D eigenvalue weighted by molar-refractivity contribution is -0.112. The van der Waals surface area contributed by atoms with Gasteiger partial charge in [0.2, 0.25) is 5.90 Å². The Labute approximate surface area is 146 Å². The average molecular weight is 342 g/mol. The number of amides is 1. The summed E-state index contributed by atoms with van der Waals surface area (Å²) in [5.41, 5.74) is 1.64. The second-order valence-corrected chi connectivity index (χ2v) is 5.52. The van der Waals surface area contributed by atoms with Crippen LogP contribution in [0, 0.1) is 5.41 Å². The molecule has 2 aromatic heterocycles. The minimum atomic E-state index is -0.483. The van der Waals surface area contributed by atoms with Crippen LogP contribution in [-0.4, -0.2) is 40.5 Å². The van der Waals surface area contributed by atoms with E-state index in [0.717, 1.165) is 5.69 Å². The summed E-state index contributed by atoms with van der Waals surface area (Å²) in [6.07, 6.45) is 4.89. The van der Waals surface area contributed by atoms with Gasteiger partial charge in [-0.2, -0.15) is 0 Å². The van der Waals surface area contributed by atoms with Gasteiger partial charge in [-0.15, -0.1) is 0 Å². The molecule has 0 aromatic carbocycles. The second kappa shape index (κ2) is 8.09. The summed E-state index contributed by atoms with van der Waals surface area (Å²) in [6, 6.07) is 5.58. The molecule has 1 amide bonds. The van der Waals surface area contributed by atoms with Crippen molar-refractivity contribution in [3.05, 3.63) is 42.5 Å². The first-order valence-electron chi connectivity index (χ1n) is 7.78. The van der Waals surface area contributed by atoms with Gasteiger partial charge in [-0.1, -0.05) is 6.07 Å². The molecule has 0 aliphatic carbocycles. The van der Waals surface area contributed by atoms with E-state index in [2.05, 4.69) is 34.4 Å². The van der Waals surface area contributed by atoms with E-state index in [1.165, 1.54) is 13.3 Å². The van der Waals surface area contributed by atoms with E-state index in [-0.39, 0.29) is 17.5 Å². The summed E-state index contributed by atoms with van der Waals surface area (Å²) in [4.78, 5) is 21.0. The van der Waals surface area contributed by atoms with E-state index in [9.17, 15) is 4.79 Å². The topological polar surface area (TPSA) is 105 Å². The van der Waals surface area contributed by atoms with Crippen molar-refractivity contribution in [3.8, 4) is 11.4 Å². The molecule has 0 radical (unpaired) electrons. The van der Waals surface area contributed by atoms with Gasteiger partial charge < -0.3 is 19.9 Å². The van der Waals surface area contributed by atoms with Crippen LogP contribution in [0.5, 0.6) is 0 Å². The number of hydrogen-bond donors (Lipinski definition) is 3. The normalized spacial score (nSPS) is 11.3. The van der Waals surface area contributed by atoms with E-state index in [0.29, 0.717) is 11.5 Å². The number of carbonyl (C=O) groups is 1. The van der Waals surface area contributed by atoms with Gasteiger partial charge >= 0.3 is 0 Å². The second-order valence-electron chi connectivity index (χ2n) is 5.52. The standard InChI is InChI=1S/C17H22N6O2/c1-11(2)23-10-20-9-14(23)13-6-5-7-15(21-13)22-17(24)12(8-19-3)16(18)25-4/h5-11,18-19H,1-4H3,(H,21,22,24)/b12-8+,18-16?. The third-order valence-corrected chi connectivity index (χ3v) is 3.46. The smallest absolute Gasteiger partial charge is 0.263 e. The summed E-state index contributed by atoms with van der Waals surface area (Å²) in [5, 5.41) is 13.1. The number of carbonyl (C=O) groups excluding carboxylic acids is 1. The van der Waals surface area contributed by atoms with Crippen molar-refractivity contribution in [2.24, 2.45) is 0 Å². The Balaban J connectivity index is 2.27. The third kappa shape index (κ3) is 4.23. The molecule has 8 heteroatoms. The number of anilines is 1. The summed E-state index contributed by atoms with van der Waals surface area (Å²) in [6.45, 7) is 4.12. The van der Waals surface area contributed by atoms with Crippen molar-refractivity contribution in [1.29, 1.82) is 5.41 Å². The number of imidazole rings is 1. The van der Waals surface area contributed by atoms with Crippen LogP contribution in [0.3, 0.4) is 0 Å². The van der Waals surface area contributed by atoms with Crippen LogP contribution >= 0.6 is 0 Å². The molecule has 3 N–H and O–H groups in total. The monoisotopic (exact) mass is 342 g/mol. The molecule has 0 fully saturated rings. The molecule has 2 heterocycles. The molecule has 2 aromatic rings. The van der Waals surface area contributed by atoms with Crippen LogP contribution in [0.2, 0.25) is 0 Å². The van der Waals surface area contributed by atoms with Crippen molar-refractivity contribution in [1.82, 2.24) is 19.9 Å². The van der Waals surface area contributed by atoms with Crippen LogP contribution in [0.15, 0.2) is 42.5 Å². The Morgan fingerprint density at radius 2 is 2.16 bits per heavy atom. The first-order valence-corrected chi connectivity index (χ1v) is 7.78. The van der Waals surface area contributed by atoms with E-state index in [1.54, 1.807) is 31.7 Å². The number of nitrogens with one attached hydrogen (secondary N) is 3. The lowest BCUT2D eigenvalue weighted by Gasteiger charge is -2.12. The zero-order valence-electron chi connectivity index (χ0n) is 14.7. The van der Waals surface area contributed by atoms with Crippen LogP contribution in [-0.2, 0) is 9.53 Å². The van der Waals surface area contributed by atoms with E-state index >= 15 is 0 Å². The maximum absolute atomic E-state index is 12.4. The number of nitrogens with zero attached hydrogens (tertiary/aromatic N) is 3. The SMILES string of the molecule is CN/C=C(\C(=N)OC)C(=O)Nc1cccc(-c2cncn2C(C)C)n1. The zero-order chi connectivity index (χ0) is 18.4. The molecule has 2 rings (SSSR count). The molecule has 0 aliphatic heterocycles. The molecule has 0 spiro atoms. The van der Waals surface area contributed by atoms with Gasteiger partial charge in [-0.25, -0.2) is 9.97 Å². The van der Waals surface area contributed by atoms with Crippen molar-refractivity contribution in [2.45, 2.75) is 19.9 Å². The van der Waals surface area contributed by atoms with Crippen LogP contribution < -0.4 is 10.6 Å². The largest absolute Gasteiger partial charge is 0.481 e. The molecular weight excluding hydrogens is 320 g/mol. The van der Waals surface area contributed by atoms with Crippen molar-refractivity contribution >= 4 is 17.6 Å². The average Bonchev–Trinajstić information content (AvgIpc) is 3.09. The quantitative estimate of drug-likeness (QED) is 0.424. The Kier molecular flexibility index (Phi) is 5.89. The Morgan fingerprint density at radius 3 is 2.80 bits per heavy atom. The summed E-state index contributed by atoms with van der Waals surface area (Å²) in [5.74, 6) is -0.339. The minimum absolute atomic E-state index is 0.0735. The van der Waals surface area contributed by atoms with Crippen LogP contribution in [0.1, 0.15) is 19.9 Å². The van der Waals surface area contributed by atoms with Gasteiger partial charge in [-0.05, 0) is 26.0 Å². The predicted octanol–water partition coefficient (Wildman–Crippen LogP) is 2.19. The van der Waals surface area contributed by atoms with Gasteiger partial charge in [0.1, 0.15) is 11.4 Å². The first kappa shape index (κ1) is 18.2. The Hall–Kier alpha value is -3.16. The molecule has 0 atom stereocenters. The molecule has 8 nitrogen and oxygen atoms in total. The number of methoxy groups -OCH3 is 1. The molecule has 0 saturated heterocycles. The molecule has 0 aliphatic rings. The highest BCUT2D eigenvalue weighted by Crippen LogP contribution is 2.22. The molecule has 25 heavy (non-hydrogen) atoms. The minimum Gasteiger partial charge on any atom is -0.481 e. The molecule has 0 saturated carbocycles. The third-order valence-electron chi connectivity index (χ3n) is 3.46. The fourth-order valence-corrected chi connectivity index (χ4v) is 2.23. The summed E-state index contributed by atoms with van der Waals surface area (Å²) in [7, 11) is 2.98. The maximum atomic E-state index is 12.4. The van der Waals surface area contributed by atoms with Crippen LogP contribution in [0.25, 0.3) is 11.4 Å². The van der Waals surface area contributed by atoms with Gasteiger partial charge in [0.05, 0.1) is 31.0 Å². The van der Waals surface area contributed by atoms with Crippen LogP contribution in [0.4, 0.5) is 5.82 Å².